The molecule has 1 aromatic carbocycles. The number of nitrogens with one attached hydrogen (secondary N) is 1. The van der Waals surface area contributed by atoms with E-state index in [4.69, 9.17) is 0 Å². The van der Waals surface area contributed by atoms with Gasteiger partial charge in [-0.25, -0.2) is 4.39 Å². The summed E-state index contributed by atoms with van der Waals surface area (Å²) in [7, 11) is 2.17. The monoisotopic (exact) mass is 248 g/mol. The van der Waals surface area contributed by atoms with E-state index < -0.39 is 0 Å². The van der Waals surface area contributed by atoms with Gasteiger partial charge >= 0.3 is 0 Å². The summed E-state index contributed by atoms with van der Waals surface area (Å²) >= 11 is 0. The Labute approximate surface area is 108 Å². The van der Waals surface area contributed by atoms with Crippen molar-refractivity contribution in [2.75, 3.05) is 7.05 Å². The molecule has 0 aliphatic carbocycles. The highest BCUT2D eigenvalue weighted by atomic mass is 19.1. The van der Waals surface area contributed by atoms with Crippen LogP contribution in [0.1, 0.15) is 31.2 Å². The molecular weight excluding hydrogens is 227 g/mol. The van der Waals surface area contributed by atoms with Gasteiger partial charge in [-0.15, -0.1) is 0 Å². The summed E-state index contributed by atoms with van der Waals surface area (Å²) in [6, 6.07) is 9.03. The Hall–Kier alpha value is -0.930. The largest absolute Gasteiger partial charge is 0.311 e. The predicted octanol–water partition coefficient (Wildman–Crippen LogP) is 2.54. The second kappa shape index (κ2) is 4.98. The zero-order valence-electron chi connectivity index (χ0n) is 10.9. The fourth-order valence-electron chi connectivity index (χ4n) is 3.44. The van der Waals surface area contributed by atoms with E-state index in [1.165, 1.54) is 31.7 Å². The molecule has 18 heavy (non-hydrogen) atoms. The van der Waals surface area contributed by atoms with Crippen molar-refractivity contribution < 1.29 is 4.39 Å². The van der Waals surface area contributed by atoms with Crippen LogP contribution in [0.25, 0.3) is 0 Å². The molecule has 98 valence electrons. The Bertz CT molecular complexity index is 409. The molecule has 2 nitrogen and oxygen atoms in total. The highest BCUT2D eigenvalue weighted by Gasteiger charge is 2.34. The number of benzene rings is 1. The van der Waals surface area contributed by atoms with Crippen LogP contribution in [0.15, 0.2) is 24.3 Å². The molecular formula is C15H21FN2. The van der Waals surface area contributed by atoms with Crippen molar-refractivity contribution >= 4 is 0 Å². The number of halogens is 1. The number of piperidine rings is 1. The lowest BCUT2D eigenvalue weighted by Gasteiger charge is -2.35. The molecule has 2 fully saturated rings. The number of hydrogen-bond acceptors (Lipinski definition) is 2. The normalized spacial score (nSPS) is 30.9. The highest BCUT2D eigenvalue weighted by molar-refractivity contribution is 5.16. The lowest BCUT2D eigenvalue weighted by molar-refractivity contribution is 0.166. The molecule has 0 spiro atoms. The van der Waals surface area contributed by atoms with Crippen molar-refractivity contribution in [3.8, 4) is 0 Å². The molecule has 2 heterocycles. The Balaban J connectivity index is 1.63. The van der Waals surface area contributed by atoms with E-state index in [-0.39, 0.29) is 5.82 Å². The van der Waals surface area contributed by atoms with Gasteiger partial charge in [0.2, 0.25) is 0 Å². The molecule has 0 amide bonds. The van der Waals surface area contributed by atoms with Gasteiger partial charge in [0.15, 0.2) is 0 Å². The van der Waals surface area contributed by atoms with Crippen molar-refractivity contribution in [1.29, 1.82) is 0 Å². The number of nitrogens with zero attached hydrogens (tertiary/aromatic N) is 1. The fraction of sp³-hybridized carbons (Fsp3) is 0.600. The molecule has 2 aliphatic rings. The van der Waals surface area contributed by atoms with Crippen LogP contribution in [0.4, 0.5) is 4.39 Å². The van der Waals surface area contributed by atoms with Crippen LogP contribution in [0.3, 0.4) is 0 Å². The van der Waals surface area contributed by atoms with Crippen molar-refractivity contribution in [3.05, 3.63) is 35.6 Å². The van der Waals surface area contributed by atoms with E-state index in [0.29, 0.717) is 18.1 Å². The summed E-state index contributed by atoms with van der Waals surface area (Å²) in [6.45, 7) is 0.849. The van der Waals surface area contributed by atoms with Gasteiger partial charge in [0.25, 0.3) is 0 Å². The molecule has 2 saturated heterocycles. The predicted molar refractivity (Wildman–Crippen MR) is 70.8 cm³/mol. The third-order valence-corrected chi connectivity index (χ3v) is 4.39. The van der Waals surface area contributed by atoms with E-state index in [2.05, 4.69) is 17.3 Å². The molecule has 1 aromatic rings. The highest BCUT2D eigenvalue weighted by Crippen LogP contribution is 2.29. The van der Waals surface area contributed by atoms with Crippen LogP contribution >= 0.6 is 0 Å². The van der Waals surface area contributed by atoms with Crippen molar-refractivity contribution in [1.82, 2.24) is 10.2 Å². The summed E-state index contributed by atoms with van der Waals surface area (Å²) in [4.78, 5) is 2.39. The van der Waals surface area contributed by atoms with E-state index in [9.17, 15) is 4.39 Å². The van der Waals surface area contributed by atoms with Crippen LogP contribution < -0.4 is 5.32 Å². The molecule has 0 saturated carbocycles. The SMILES string of the molecule is CN(Cc1cccc(F)c1)C1CC2CCC(C1)N2. The fourth-order valence-corrected chi connectivity index (χ4v) is 3.44. The van der Waals surface area contributed by atoms with E-state index >= 15 is 0 Å². The van der Waals surface area contributed by atoms with Crippen LogP contribution in [0.2, 0.25) is 0 Å². The Morgan fingerprint density at radius 1 is 1.28 bits per heavy atom. The zero-order chi connectivity index (χ0) is 12.5. The number of hydrogen-bond donors (Lipinski definition) is 1. The maximum Gasteiger partial charge on any atom is 0.123 e. The van der Waals surface area contributed by atoms with Crippen LogP contribution in [0.5, 0.6) is 0 Å². The summed E-state index contributed by atoms with van der Waals surface area (Å²) in [6.07, 6.45) is 5.13. The van der Waals surface area contributed by atoms with Gasteiger partial charge in [-0.05, 0) is 50.4 Å². The minimum absolute atomic E-state index is 0.133. The Kier molecular flexibility index (Phi) is 3.35. The summed E-state index contributed by atoms with van der Waals surface area (Å²) in [5.74, 6) is -0.133. The average Bonchev–Trinajstić information content (AvgIpc) is 2.68. The van der Waals surface area contributed by atoms with Crippen molar-refractivity contribution in [2.24, 2.45) is 0 Å². The molecule has 2 bridgehead atoms. The smallest absolute Gasteiger partial charge is 0.123 e. The maximum atomic E-state index is 13.2. The van der Waals surface area contributed by atoms with Gasteiger partial charge < -0.3 is 5.32 Å². The van der Waals surface area contributed by atoms with Gasteiger partial charge in [0.05, 0.1) is 0 Å². The first-order chi connectivity index (χ1) is 8.70. The second-order valence-electron chi connectivity index (χ2n) is 5.81. The van der Waals surface area contributed by atoms with Gasteiger partial charge in [0.1, 0.15) is 5.82 Å². The van der Waals surface area contributed by atoms with Crippen LogP contribution in [0, 0.1) is 5.82 Å². The molecule has 1 N–H and O–H groups in total. The Morgan fingerprint density at radius 3 is 2.67 bits per heavy atom. The van der Waals surface area contributed by atoms with Crippen molar-refractivity contribution in [2.45, 2.75) is 50.4 Å². The third kappa shape index (κ3) is 2.57. The topological polar surface area (TPSA) is 15.3 Å². The quantitative estimate of drug-likeness (QED) is 0.884. The maximum absolute atomic E-state index is 13.2. The summed E-state index contributed by atoms with van der Waals surface area (Å²) in [5.41, 5.74) is 1.07. The first-order valence-corrected chi connectivity index (χ1v) is 6.91. The molecule has 2 unspecified atom stereocenters. The standard InChI is InChI=1S/C15H21FN2/c1-18(10-11-3-2-4-12(16)7-11)15-8-13-5-6-14(9-15)17-13/h2-4,7,13-15,17H,5-6,8-10H2,1H3. The molecule has 3 rings (SSSR count). The number of fused-ring (bicyclic) bond motifs is 2. The zero-order valence-corrected chi connectivity index (χ0v) is 10.9. The van der Waals surface area contributed by atoms with Gasteiger partial charge in [-0.2, -0.15) is 0 Å². The number of rotatable bonds is 3. The van der Waals surface area contributed by atoms with E-state index in [1.54, 1.807) is 12.1 Å². The van der Waals surface area contributed by atoms with Crippen LogP contribution in [-0.2, 0) is 6.54 Å². The van der Waals surface area contributed by atoms with Crippen molar-refractivity contribution in [3.63, 3.8) is 0 Å². The molecule has 2 aliphatic heterocycles. The van der Waals surface area contributed by atoms with Gasteiger partial charge in [-0.3, -0.25) is 4.90 Å². The third-order valence-electron chi connectivity index (χ3n) is 4.39. The van der Waals surface area contributed by atoms with E-state index in [1.807, 2.05) is 6.07 Å². The first kappa shape index (κ1) is 12.1. The lowest BCUT2D eigenvalue weighted by Crippen LogP contribution is -2.46. The molecule has 0 aromatic heterocycles. The van der Waals surface area contributed by atoms with Crippen LogP contribution in [-0.4, -0.2) is 30.1 Å². The minimum Gasteiger partial charge on any atom is -0.311 e. The van der Waals surface area contributed by atoms with E-state index in [0.717, 1.165) is 12.1 Å². The molecule has 3 heteroatoms. The summed E-state index contributed by atoms with van der Waals surface area (Å²) in [5, 5.41) is 3.66. The second-order valence-corrected chi connectivity index (χ2v) is 5.81. The Morgan fingerprint density at radius 2 is 2.00 bits per heavy atom. The summed E-state index contributed by atoms with van der Waals surface area (Å²) < 4.78 is 13.2. The molecule has 2 atom stereocenters. The molecule has 0 radical (unpaired) electrons. The first-order valence-electron chi connectivity index (χ1n) is 6.91. The van der Waals surface area contributed by atoms with Gasteiger partial charge in [-0.1, -0.05) is 12.1 Å². The minimum atomic E-state index is -0.133. The lowest BCUT2D eigenvalue weighted by atomic mass is 9.98. The van der Waals surface area contributed by atoms with Gasteiger partial charge in [0, 0.05) is 24.7 Å². The average molecular weight is 248 g/mol.